The second-order valence-corrected chi connectivity index (χ2v) is 6.90. The summed E-state index contributed by atoms with van der Waals surface area (Å²) in [5, 5.41) is 3.52. The number of hydrogen-bond acceptors (Lipinski definition) is 4. The first-order valence-corrected chi connectivity index (χ1v) is 9.34. The van der Waals surface area contributed by atoms with Crippen molar-refractivity contribution >= 4 is 11.6 Å². The molecular formula is C20H27ClN2O2. The second-order valence-electron chi connectivity index (χ2n) is 6.60. The molecule has 0 saturated carbocycles. The van der Waals surface area contributed by atoms with Gasteiger partial charge in [0.15, 0.2) is 5.72 Å². The van der Waals surface area contributed by atoms with Crippen molar-refractivity contribution in [1.29, 1.82) is 0 Å². The van der Waals surface area contributed by atoms with Crippen LogP contribution in [0.25, 0.3) is 0 Å². The minimum Gasteiger partial charge on any atom is -0.497 e. The Balaban J connectivity index is 1.79. The van der Waals surface area contributed by atoms with Gasteiger partial charge in [-0.05, 0) is 36.3 Å². The predicted octanol–water partition coefficient (Wildman–Crippen LogP) is 2.84. The summed E-state index contributed by atoms with van der Waals surface area (Å²) in [5.41, 5.74) is 0.815. The van der Waals surface area contributed by atoms with E-state index in [1.807, 2.05) is 12.1 Å². The van der Waals surface area contributed by atoms with E-state index in [1.165, 1.54) is 5.56 Å². The maximum absolute atomic E-state index is 5.99. The van der Waals surface area contributed by atoms with Gasteiger partial charge in [0.1, 0.15) is 5.75 Å². The predicted molar refractivity (Wildman–Crippen MR) is 102 cm³/mol. The summed E-state index contributed by atoms with van der Waals surface area (Å²) >= 11 is 5.99. The quantitative estimate of drug-likeness (QED) is 0.623. The molecule has 1 aromatic carbocycles. The van der Waals surface area contributed by atoms with Gasteiger partial charge in [-0.25, -0.2) is 0 Å². The van der Waals surface area contributed by atoms with Crippen LogP contribution in [0.1, 0.15) is 5.56 Å². The van der Waals surface area contributed by atoms with Crippen molar-refractivity contribution in [2.24, 2.45) is 5.92 Å². The number of piperazine rings is 1. The van der Waals surface area contributed by atoms with Crippen LogP contribution in [0, 0.1) is 5.92 Å². The Hall–Kier alpha value is -1.33. The van der Waals surface area contributed by atoms with E-state index >= 15 is 0 Å². The fourth-order valence-corrected chi connectivity index (χ4v) is 3.83. The van der Waals surface area contributed by atoms with Crippen molar-refractivity contribution in [3.05, 3.63) is 54.1 Å². The zero-order valence-electron chi connectivity index (χ0n) is 15.0. The lowest BCUT2D eigenvalue weighted by atomic mass is 9.94. The summed E-state index contributed by atoms with van der Waals surface area (Å²) < 4.78 is 11.2. The van der Waals surface area contributed by atoms with Crippen molar-refractivity contribution in [1.82, 2.24) is 10.2 Å². The fraction of sp³-hybridized carbons (Fsp3) is 0.500. The van der Waals surface area contributed by atoms with Crippen LogP contribution in [0.4, 0.5) is 0 Å². The van der Waals surface area contributed by atoms with Gasteiger partial charge in [0.2, 0.25) is 0 Å². The number of alkyl halides is 1. The monoisotopic (exact) mass is 362 g/mol. The second kappa shape index (κ2) is 8.37. The van der Waals surface area contributed by atoms with E-state index in [0.717, 1.165) is 31.8 Å². The van der Waals surface area contributed by atoms with Crippen LogP contribution in [0.5, 0.6) is 5.75 Å². The molecule has 1 N–H and O–H groups in total. The Kier molecular flexibility index (Phi) is 6.18. The molecule has 136 valence electrons. The van der Waals surface area contributed by atoms with Gasteiger partial charge in [-0.3, -0.25) is 4.90 Å². The van der Waals surface area contributed by atoms with Gasteiger partial charge in [-0.15, -0.1) is 11.6 Å². The smallest absolute Gasteiger partial charge is 0.160 e. The summed E-state index contributed by atoms with van der Waals surface area (Å²) in [6.07, 6.45) is 9.59. The summed E-state index contributed by atoms with van der Waals surface area (Å²) in [4.78, 5) is 2.45. The van der Waals surface area contributed by atoms with Gasteiger partial charge < -0.3 is 14.8 Å². The molecule has 1 aliphatic heterocycles. The first kappa shape index (κ1) is 18.5. The molecule has 0 bridgehead atoms. The van der Waals surface area contributed by atoms with Crippen LogP contribution in [-0.2, 0) is 11.2 Å². The number of benzene rings is 1. The molecule has 1 heterocycles. The molecule has 25 heavy (non-hydrogen) atoms. The number of allylic oxidation sites excluding steroid dienone is 2. The van der Waals surface area contributed by atoms with E-state index in [4.69, 9.17) is 21.1 Å². The molecule has 1 aromatic rings. The van der Waals surface area contributed by atoms with Crippen LogP contribution in [0.15, 0.2) is 48.6 Å². The van der Waals surface area contributed by atoms with Crippen LogP contribution < -0.4 is 10.1 Å². The molecule has 0 amide bonds. The number of nitrogens with one attached hydrogen (secondary N) is 1. The topological polar surface area (TPSA) is 33.7 Å². The zero-order valence-corrected chi connectivity index (χ0v) is 15.7. The van der Waals surface area contributed by atoms with Gasteiger partial charge in [0.05, 0.1) is 7.11 Å². The lowest BCUT2D eigenvalue weighted by Gasteiger charge is -2.47. The molecule has 0 aromatic heterocycles. The summed E-state index contributed by atoms with van der Waals surface area (Å²) in [5.74, 6) is 1.78. The molecule has 1 saturated heterocycles. The Morgan fingerprint density at radius 1 is 1.20 bits per heavy atom. The van der Waals surface area contributed by atoms with Crippen molar-refractivity contribution in [3.8, 4) is 5.75 Å². The zero-order chi connectivity index (χ0) is 17.7. The van der Waals surface area contributed by atoms with E-state index in [0.29, 0.717) is 11.9 Å². The van der Waals surface area contributed by atoms with E-state index in [9.17, 15) is 0 Å². The minimum atomic E-state index is -0.484. The number of hydrogen-bond donors (Lipinski definition) is 1. The molecule has 1 unspecified atom stereocenters. The summed E-state index contributed by atoms with van der Waals surface area (Å²) in [6.45, 7) is 2.84. The van der Waals surface area contributed by atoms with Crippen molar-refractivity contribution in [3.63, 3.8) is 0 Å². The van der Waals surface area contributed by atoms with Crippen LogP contribution in [-0.4, -0.2) is 56.4 Å². The largest absolute Gasteiger partial charge is 0.497 e. The molecule has 0 spiro atoms. The number of methoxy groups -OCH3 is 2. The van der Waals surface area contributed by atoms with E-state index in [2.05, 4.69) is 46.7 Å². The normalized spacial score (nSPS) is 29.7. The molecule has 1 atom stereocenters. The Bertz CT molecular complexity index is 601. The minimum absolute atomic E-state index is 0.285. The SMILES string of the molecule is COc1ccc(CC2CNCCN2C2(OC)C=CC(CCl)C=C2)cc1. The van der Waals surface area contributed by atoms with Gasteiger partial charge in [0, 0.05) is 44.6 Å². The Labute approximate surface area is 155 Å². The fourth-order valence-electron chi connectivity index (χ4n) is 3.63. The standard InChI is InChI=1S/C20H27ClN2O2/c1-24-19-5-3-16(4-6-19)13-18-15-22-11-12-23(18)20(25-2)9-7-17(14-21)8-10-20/h3-10,17-18,22H,11-15H2,1-2H3. The highest BCUT2D eigenvalue weighted by atomic mass is 35.5. The Morgan fingerprint density at radius 3 is 2.52 bits per heavy atom. The first-order valence-electron chi connectivity index (χ1n) is 8.81. The molecule has 1 fully saturated rings. The molecule has 4 nitrogen and oxygen atoms in total. The van der Waals surface area contributed by atoms with E-state index in [1.54, 1.807) is 14.2 Å². The average molecular weight is 363 g/mol. The lowest BCUT2D eigenvalue weighted by molar-refractivity contribution is -0.0918. The van der Waals surface area contributed by atoms with Crippen molar-refractivity contribution < 1.29 is 9.47 Å². The van der Waals surface area contributed by atoms with E-state index < -0.39 is 5.72 Å². The maximum Gasteiger partial charge on any atom is 0.160 e. The molecule has 3 rings (SSSR count). The highest BCUT2D eigenvalue weighted by Gasteiger charge is 2.39. The third-order valence-electron chi connectivity index (χ3n) is 5.10. The number of nitrogens with zero attached hydrogens (tertiary/aromatic N) is 1. The van der Waals surface area contributed by atoms with Gasteiger partial charge in [0.25, 0.3) is 0 Å². The highest BCUT2D eigenvalue weighted by molar-refractivity contribution is 6.18. The van der Waals surface area contributed by atoms with Crippen molar-refractivity contribution in [2.45, 2.75) is 18.2 Å². The number of rotatable bonds is 6. The summed E-state index contributed by atoms with van der Waals surface area (Å²) in [7, 11) is 3.47. The molecule has 0 radical (unpaired) electrons. The number of ether oxygens (including phenoxy) is 2. The van der Waals surface area contributed by atoms with Gasteiger partial charge in [-0.1, -0.05) is 24.3 Å². The molecule has 1 aliphatic carbocycles. The lowest BCUT2D eigenvalue weighted by Crippen LogP contribution is -2.61. The molecular weight excluding hydrogens is 336 g/mol. The maximum atomic E-state index is 5.99. The third kappa shape index (κ3) is 4.09. The van der Waals surface area contributed by atoms with Crippen LogP contribution in [0.3, 0.4) is 0 Å². The van der Waals surface area contributed by atoms with Gasteiger partial charge >= 0.3 is 0 Å². The molecule has 5 heteroatoms. The summed E-state index contributed by atoms with van der Waals surface area (Å²) in [6, 6.07) is 8.67. The van der Waals surface area contributed by atoms with Crippen LogP contribution >= 0.6 is 11.6 Å². The third-order valence-corrected chi connectivity index (χ3v) is 5.46. The van der Waals surface area contributed by atoms with Crippen LogP contribution in [0.2, 0.25) is 0 Å². The first-order chi connectivity index (χ1) is 12.2. The van der Waals surface area contributed by atoms with E-state index in [-0.39, 0.29) is 5.92 Å². The number of halogens is 1. The molecule has 2 aliphatic rings. The average Bonchev–Trinajstić information content (AvgIpc) is 2.69. The Morgan fingerprint density at radius 2 is 1.92 bits per heavy atom. The van der Waals surface area contributed by atoms with Crippen molar-refractivity contribution in [2.75, 3.05) is 39.7 Å². The van der Waals surface area contributed by atoms with Gasteiger partial charge in [-0.2, -0.15) is 0 Å². The highest BCUT2D eigenvalue weighted by Crippen LogP contribution is 2.30.